The molecule has 0 amide bonds. The number of methoxy groups -OCH3 is 1. The van der Waals surface area contributed by atoms with Gasteiger partial charge in [-0.3, -0.25) is 0 Å². The van der Waals surface area contributed by atoms with Crippen molar-refractivity contribution in [1.29, 1.82) is 0 Å². The fraction of sp³-hybridized carbons (Fsp3) is 0.500. The molecule has 82 valence electrons. The van der Waals surface area contributed by atoms with E-state index in [0.29, 0.717) is 0 Å². The maximum absolute atomic E-state index is 5.78. The van der Waals surface area contributed by atoms with Crippen LogP contribution >= 0.6 is 22.9 Å². The van der Waals surface area contributed by atoms with Gasteiger partial charge in [0.2, 0.25) is 0 Å². The predicted octanol–water partition coefficient (Wildman–Crippen LogP) is 2.97. The molecule has 0 N–H and O–H groups in total. The topological polar surface area (TPSA) is 12.5 Å². The molecule has 0 spiro atoms. The Morgan fingerprint density at radius 2 is 1.80 bits per heavy atom. The average molecular weight is 317 g/mol. The van der Waals surface area contributed by atoms with Gasteiger partial charge in [0.1, 0.15) is 0 Å². The Hall–Kier alpha value is -0.130. The van der Waals surface area contributed by atoms with E-state index in [1.54, 1.807) is 0 Å². The summed E-state index contributed by atoms with van der Waals surface area (Å²) in [5, 5.41) is 0. The zero-order valence-electron chi connectivity index (χ0n) is 8.95. The van der Waals surface area contributed by atoms with Crippen molar-refractivity contribution in [3.63, 3.8) is 0 Å². The molecular weight excluding hydrogens is 301 g/mol. The van der Waals surface area contributed by atoms with E-state index in [1.807, 2.05) is 7.11 Å². The van der Waals surface area contributed by atoms with Gasteiger partial charge in [-0.2, -0.15) is 0 Å². The summed E-state index contributed by atoms with van der Waals surface area (Å²) in [6, 6.07) is 10.6. The van der Waals surface area contributed by atoms with E-state index in [4.69, 9.17) is 4.74 Å². The number of hydrogen-bond acceptors (Lipinski definition) is 2. The number of benzene rings is 1. The van der Waals surface area contributed by atoms with Crippen LogP contribution in [0, 0.1) is 0 Å². The zero-order valence-corrected chi connectivity index (χ0v) is 11.1. The van der Waals surface area contributed by atoms with E-state index in [1.165, 1.54) is 5.56 Å². The quantitative estimate of drug-likeness (QED) is 0.614. The SMILES string of the molecule is COC1(c2ccccc2)CCN(I)CC1. The minimum atomic E-state index is -0.0526. The van der Waals surface area contributed by atoms with Crippen LogP contribution in [-0.4, -0.2) is 23.3 Å². The third-order valence-electron chi connectivity index (χ3n) is 3.21. The fourth-order valence-electron chi connectivity index (χ4n) is 2.19. The maximum Gasteiger partial charge on any atom is 0.0952 e. The van der Waals surface area contributed by atoms with Crippen LogP contribution in [0.2, 0.25) is 0 Å². The lowest BCUT2D eigenvalue weighted by molar-refractivity contribution is -0.0475. The Labute approximate surface area is 105 Å². The highest BCUT2D eigenvalue weighted by Gasteiger charge is 2.35. The van der Waals surface area contributed by atoms with Crippen LogP contribution in [-0.2, 0) is 10.3 Å². The van der Waals surface area contributed by atoms with Crippen molar-refractivity contribution >= 4 is 22.9 Å². The summed E-state index contributed by atoms with van der Waals surface area (Å²) in [6.07, 6.45) is 2.16. The number of piperidine rings is 1. The van der Waals surface area contributed by atoms with Gasteiger partial charge in [-0.1, -0.05) is 30.3 Å². The molecule has 1 heterocycles. The van der Waals surface area contributed by atoms with E-state index in [0.717, 1.165) is 25.9 Å². The molecule has 1 aliphatic rings. The summed E-state index contributed by atoms with van der Waals surface area (Å²) in [5.41, 5.74) is 1.26. The van der Waals surface area contributed by atoms with Crippen molar-refractivity contribution in [2.75, 3.05) is 20.2 Å². The highest BCUT2D eigenvalue weighted by Crippen LogP contribution is 2.36. The second-order valence-electron chi connectivity index (χ2n) is 3.97. The van der Waals surface area contributed by atoms with Crippen LogP contribution in [0.5, 0.6) is 0 Å². The lowest BCUT2D eigenvalue weighted by Crippen LogP contribution is -2.40. The maximum atomic E-state index is 5.78. The van der Waals surface area contributed by atoms with Crippen molar-refractivity contribution < 1.29 is 4.74 Å². The Balaban J connectivity index is 2.23. The lowest BCUT2D eigenvalue weighted by atomic mass is 9.85. The van der Waals surface area contributed by atoms with E-state index in [2.05, 4.69) is 56.3 Å². The molecule has 1 aliphatic heterocycles. The third-order valence-corrected chi connectivity index (χ3v) is 4.17. The molecule has 0 radical (unpaired) electrons. The Kier molecular flexibility index (Phi) is 3.64. The van der Waals surface area contributed by atoms with Gasteiger partial charge in [0.05, 0.1) is 5.60 Å². The highest BCUT2D eigenvalue weighted by atomic mass is 127. The van der Waals surface area contributed by atoms with Gasteiger partial charge in [-0.25, -0.2) is 3.11 Å². The molecule has 15 heavy (non-hydrogen) atoms. The Morgan fingerprint density at radius 1 is 1.20 bits per heavy atom. The zero-order chi connectivity index (χ0) is 10.7. The number of hydrogen-bond donors (Lipinski definition) is 0. The first-order valence-electron chi connectivity index (χ1n) is 5.28. The van der Waals surface area contributed by atoms with E-state index in [-0.39, 0.29) is 5.60 Å². The third kappa shape index (κ3) is 2.34. The van der Waals surface area contributed by atoms with E-state index < -0.39 is 0 Å². The second-order valence-corrected chi connectivity index (χ2v) is 5.34. The summed E-state index contributed by atoms with van der Waals surface area (Å²) in [5.74, 6) is 0. The first kappa shape index (κ1) is 11.4. The van der Waals surface area contributed by atoms with Crippen molar-refractivity contribution in [1.82, 2.24) is 3.11 Å². The van der Waals surface area contributed by atoms with Crippen molar-refractivity contribution in [2.45, 2.75) is 18.4 Å². The second kappa shape index (κ2) is 4.80. The lowest BCUT2D eigenvalue weighted by Gasteiger charge is -2.39. The van der Waals surface area contributed by atoms with Crippen molar-refractivity contribution in [3.8, 4) is 0 Å². The number of rotatable bonds is 2. The standard InChI is InChI=1S/C12H16INO/c1-15-12(7-9-14(13)10-8-12)11-5-3-2-4-6-11/h2-6H,7-10H2,1H3. The van der Waals surface area contributed by atoms with Crippen LogP contribution in [0.4, 0.5) is 0 Å². The normalized spacial score (nSPS) is 21.5. The number of nitrogens with zero attached hydrogens (tertiary/aromatic N) is 1. The molecule has 2 rings (SSSR count). The van der Waals surface area contributed by atoms with E-state index >= 15 is 0 Å². The smallest absolute Gasteiger partial charge is 0.0952 e. The van der Waals surface area contributed by atoms with Gasteiger partial charge >= 0.3 is 0 Å². The predicted molar refractivity (Wildman–Crippen MR) is 70.0 cm³/mol. The molecule has 1 saturated heterocycles. The molecule has 2 nitrogen and oxygen atoms in total. The number of halogens is 1. The molecule has 0 saturated carbocycles. The molecule has 1 fully saturated rings. The summed E-state index contributed by atoms with van der Waals surface area (Å²) in [4.78, 5) is 0. The van der Waals surface area contributed by atoms with Crippen LogP contribution in [0.15, 0.2) is 30.3 Å². The molecular formula is C12H16INO. The average Bonchev–Trinajstić information content (AvgIpc) is 2.32. The van der Waals surface area contributed by atoms with Gasteiger partial charge in [0.25, 0.3) is 0 Å². The minimum Gasteiger partial charge on any atom is -0.373 e. The van der Waals surface area contributed by atoms with Crippen LogP contribution < -0.4 is 0 Å². The highest BCUT2D eigenvalue weighted by molar-refractivity contribution is 14.1. The molecule has 1 aromatic carbocycles. The Bertz CT molecular complexity index is 307. The summed E-state index contributed by atoms with van der Waals surface area (Å²) < 4.78 is 8.11. The van der Waals surface area contributed by atoms with Gasteiger partial charge in [0, 0.05) is 43.1 Å². The number of ether oxygens (including phenoxy) is 1. The molecule has 0 bridgehead atoms. The largest absolute Gasteiger partial charge is 0.373 e. The van der Waals surface area contributed by atoms with Crippen molar-refractivity contribution in [3.05, 3.63) is 35.9 Å². The van der Waals surface area contributed by atoms with Gasteiger partial charge in [-0.15, -0.1) is 0 Å². The molecule has 0 unspecified atom stereocenters. The van der Waals surface area contributed by atoms with Gasteiger partial charge in [0.15, 0.2) is 0 Å². The molecule has 3 heteroatoms. The summed E-state index contributed by atoms with van der Waals surface area (Å²) in [7, 11) is 1.83. The summed E-state index contributed by atoms with van der Waals surface area (Å²) >= 11 is 2.39. The van der Waals surface area contributed by atoms with Crippen LogP contribution in [0.3, 0.4) is 0 Å². The molecule has 0 aromatic heterocycles. The molecule has 0 atom stereocenters. The van der Waals surface area contributed by atoms with Crippen molar-refractivity contribution in [2.24, 2.45) is 0 Å². The molecule has 1 aromatic rings. The van der Waals surface area contributed by atoms with Gasteiger partial charge in [-0.05, 0) is 18.4 Å². The first-order valence-corrected chi connectivity index (χ1v) is 6.25. The monoisotopic (exact) mass is 317 g/mol. The first-order chi connectivity index (χ1) is 7.27. The summed E-state index contributed by atoms with van der Waals surface area (Å²) in [6.45, 7) is 2.20. The van der Waals surface area contributed by atoms with Crippen LogP contribution in [0.25, 0.3) is 0 Å². The van der Waals surface area contributed by atoms with Gasteiger partial charge < -0.3 is 4.74 Å². The van der Waals surface area contributed by atoms with E-state index in [9.17, 15) is 0 Å². The molecule has 0 aliphatic carbocycles. The van der Waals surface area contributed by atoms with Crippen LogP contribution in [0.1, 0.15) is 18.4 Å². The fourth-order valence-corrected chi connectivity index (χ4v) is 2.68. The Morgan fingerprint density at radius 3 is 2.33 bits per heavy atom. The minimum absolute atomic E-state index is 0.0526.